The standard InChI is InChI=1S/C16H21N3O4/c1-3-10-23-11(2)14(20)17-8-9-19-16(22)13-7-5-4-6-12(13)15(21)18-19/h4-7,11H,3,8-10H2,1-2H3,(H,17,20)(H,18,21). The Morgan fingerprint density at radius 1 is 1.30 bits per heavy atom. The van der Waals surface area contributed by atoms with Gasteiger partial charge in [0.05, 0.1) is 17.3 Å². The van der Waals surface area contributed by atoms with Gasteiger partial charge in [-0.2, -0.15) is 0 Å². The third-order valence-electron chi connectivity index (χ3n) is 3.46. The van der Waals surface area contributed by atoms with Crippen molar-refractivity contribution in [2.75, 3.05) is 13.2 Å². The largest absolute Gasteiger partial charge is 0.369 e. The Bertz CT molecular complexity index is 794. The van der Waals surface area contributed by atoms with Crippen LogP contribution in [-0.2, 0) is 16.1 Å². The summed E-state index contributed by atoms with van der Waals surface area (Å²) in [7, 11) is 0. The fourth-order valence-electron chi connectivity index (χ4n) is 2.21. The first-order valence-electron chi connectivity index (χ1n) is 7.65. The maximum atomic E-state index is 12.3. The fraction of sp³-hybridized carbons (Fsp3) is 0.438. The lowest BCUT2D eigenvalue weighted by atomic mass is 10.2. The molecule has 0 spiro atoms. The molecule has 0 bridgehead atoms. The summed E-state index contributed by atoms with van der Waals surface area (Å²) in [5, 5.41) is 5.93. The summed E-state index contributed by atoms with van der Waals surface area (Å²) in [6.07, 6.45) is 0.299. The monoisotopic (exact) mass is 319 g/mol. The highest BCUT2D eigenvalue weighted by atomic mass is 16.5. The van der Waals surface area contributed by atoms with E-state index in [-0.39, 0.29) is 30.1 Å². The van der Waals surface area contributed by atoms with Gasteiger partial charge in [-0.3, -0.25) is 19.5 Å². The van der Waals surface area contributed by atoms with Gasteiger partial charge < -0.3 is 10.1 Å². The van der Waals surface area contributed by atoms with E-state index in [1.807, 2.05) is 6.92 Å². The maximum absolute atomic E-state index is 12.3. The first-order valence-corrected chi connectivity index (χ1v) is 7.65. The Morgan fingerprint density at radius 2 is 2.00 bits per heavy atom. The van der Waals surface area contributed by atoms with Gasteiger partial charge in [0.15, 0.2) is 0 Å². The predicted molar refractivity (Wildman–Crippen MR) is 87.5 cm³/mol. The lowest BCUT2D eigenvalue weighted by molar-refractivity contribution is -0.131. The first kappa shape index (κ1) is 17.0. The number of carbonyl (C=O) groups excluding carboxylic acids is 1. The van der Waals surface area contributed by atoms with Crippen molar-refractivity contribution in [2.24, 2.45) is 0 Å². The van der Waals surface area contributed by atoms with Crippen LogP contribution in [0.1, 0.15) is 20.3 Å². The minimum absolute atomic E-state index is 0.186. The molecule has 1 heterocycles. The van der Waals surface area contributed by atoms with E-state index in [0.717, 1.165) is 6.42 Å². The Morgan fingerprint density at radius 3 is 2.70 bits per heavy atom. The smallest absolute Gasteiger partial charge is 0.273 e. The number of nitrogens with zero attached hydrogens (tertiary/aromatic N) is 1. The van der Waals surface area contributed by atoms with Crippen LogP contribution in [-0.4, -0.2) is 34.9 Å². The molecule has 0 saturated heterocycles. The highest BCUT2D eigenvalue weighted by Gasteiger charge is 2.12. The van der Waals surface area contributed by atoms with Gasteiger partial charge in [-0.15, -0.1) is 0 Å². The third-order valence-corrected chi connectivity index (χ3v) is 3.46. The van der Waals surface area contributed by atoms with Crippen LogP contribution in [0.4, 0.5) is 0 Å². The van der Waals surface area contributed by atoms with Gasteiger partial charge in [0.1, 0.15) is 6.10 Å². The van der Waals surface area contributed by atoms with Gasteiger partial charge in [0.2, 0.25) is 5.91 Å². The quantitative estimate of drug-likeness (QED) is 0.782. The van der Waals surface area contributed by atoms with Gasteiger partial charge in [-0.25, -0.2) is 4.68 Å². The minimum Gasteiger partial charge on any atom is -0.369 e. The van der Waals surface area contributed by atoms with Crippen molar-refractivity contribution in [2.45, 2.75) is 32.9 Å². The van der Waals surface area contributed by atoms with E-state index in [0.29, 0.717) is 17.4 Å². The molecule has 7 nitrogen and oxygen atoms in total. The minimum atomic E-state index is -0.540. The summed E-state index contributed by atoms with van der Waals surface area (Å²) >= 11 is 0. The van der Waals surface area contributed by atoms with Crippen LogP contribution in [0.2, 0.25) is 0 Å². The second-order valence-electron chi connectivity index (χ2n) is 5.25. The molecule has 0 aliphatic heterocycles. The highest BCUT2D eigenvalue weighted by Crippen LogP contribution is 2.02. The first-order chi connectivity index (χ1) is 11.0. The molecular formula is C16H21N3O4. The highest BCUT2D eigenvalue weighted by molar-refractivity contribution is 5.80. The Balaban J connectivity index is 2.03. The summed E-state index contributed by atoms with van der Waals surface area (Å²) in [5.41, 5.74) is -0.615. The molecule has 1 aromatic carbocycles. The van der Waals surface area contributed by atoms with Crippen molar-refractivity contribution in [3.63, 3.8) is 0 Å². The average Bonchev–Trinajstić information content (AvgIpc) is 2.56. The Hall–Kier alpha value is -2.41. The van der Waals surface area contributed by atoms with Gasteiger partial charge in [-0.05, 0) is 25.5 Å². The van der Waals surface area contributed by atoms with E-state index in [1.54, 1.807) is 31.2 Å². The molecule has 2 rings (SSSR count). The number of benzene rings is 1. The van der Waals surface area contributed by atoms with E-state index in [9.17, 15) is 14.4 Å². The number of ether oxygens (including phenoxy) is 1. The van der Waals surface area contributed by atoms with E-state index in [2.05, 4.69) is 10.4 Å². The lowest BCUT2D eigenvalue weighted by Crippen LogP contribution is -2.39. The van der Waals surface area contributed by atoms with Crippen LogP contribution in [0.25, 0.3) is 10.8 Å². The summed E-state index contributed by atoms with van der Waals surface area (Å²) in [6.45, 7) is 4.58. The number of aromatic nitrogens is 2. The number of fused-ring (bicyclic) bond motifs is 1. The third kappa shape index (κ3) is 4.07. The second-order valence-corrected chi connectivity index (χ2v) is 5.25. The van der Waals surface area contributed by atoms with Crippen molar-refractivity contribution in [1.82, 2.24) is 15.1 Å². The zero-order valence-corrected chi connectivity index (χ0v) is 13.3. The van der Waals surface area contributed by atoms with Crippen LogP contribution in [0.3, 0.4) is 0 Å². The number of nitrogens with one attached hydrogen (secondary N) is 2. The van der Waals surface area contributed by atoms with Crippen molar-refractivity contribution < 1.29 is 9.53 Å². The van der Waals surface area contributed by atoms with Crippen LogP contribution in [0.15, 0.2) is 33.9 Å². The SMILES string of the molecule is CCCOC(C)C(=O)NCCn1[nH]c(=O)c2ccccc2c1=O. The molecule has 23 heavy (non-hydrogen) atoms. The number of hydrogen-bond donors (Lipinski definition) is 2. The topological polar surface area (TPSA) is 93.2 Å². The molecule has 1 amide bonds. The van der Waals surface area contributed by atoms with Gasteiger partial charge in [0.25, 0.3) is 11.1 Å². The molecule has 0 radical (unpaired) electrons. The van der Waals surface area contributed by atoms with E-state index >= 15 is 0 Å². The van der Waals surface area contributed by atoms with Crippen molar-refractivity contribution in [1.29, 1.82) is 0 Å². The zero-order chi connectivity index (χ0) is 16.8. The summed E-state index contributed by atoms with van der Waals surface area (Å²) in [6, 6.07) is 6.64. The summed E-state index contributed by atoms with van der Waals surface area (Å²) in [4.78, 5) is 36.0. The second kappa shape index (κ2) is 7.73. The molecule has 0 aliphatic carbocycles. The van der Waals surface area contributed by atoms with Crippen LogP contribution in [0.5, 0.6) is 0 Å². The molecule has 7 heteroatoms. The molecule has 1 atom stereocenters. The average molecular weight is 319 g/mol. The van der Waals surface area contributed by atoms with Gasteiger partial charge >= 0.3 is 0 Å². The van der Waals surface area contributed by atoms with E-state index in [1.165, 1.54) is 4.68 Å². The molecule has 2 N–H and O–H groups in total. The number of H-pyrrole nitrogens is 1. The van der Waals surface area contributed by atoms with Crippen molar-refractivity contribution >= 4 is 16.7 Å². The number of carbonyl (C=O) groups is 1. The lowest BCUT2D eigenvalue weighted by Gasteiger charge is -2.13. The molecular weight excluding hydrogens is 298 g/mol. The Labute approximate surface area is 133 Å². The number of rotatable bonds is 7. The van der Waals surface area contributed by atoms with Crippen LogP contribution >= 0.6 is 0 Å². The molecule has 2 aromatic rings. The van der Waals surface area contributed by atoms with Crippen molar-refractivity contribution in [3.05, 3.63) is 45.0 Å². The molecule has 1 aromatic heterocycles. The fourth-order valence-corrected chi connectivity index (χ4v) is 2.21. The Kier molecular flexibility index (Phi) is 5.70. The summed E-state index contributed by atoms with van der Waals surface area (Å²) < 4.78 is 6.53. The van der Waals surface area contributed by atoms with Crippen molar-refractivity contribution in [3.8, 4) is 0 Å². The normalized spacial score (nSPS) is 12.3. The zero-order valence-electron chi connectivity index (χ0n) is 13.3. The predicted octanol–water partition coefficient (Wildman–Crippen LogP) is 0.621. The van der Waals surface area contributed by atoms with E-state index < -0.39 is 6.10 Å². The van der Waals surface area contributed by atoms with Crippen LogP contribution < -0.4 is 16.4 Å². The van der Waals surface area contributed by atoms with Gasteiger partial charge in [0, 0.05) is 13.2 Å². The number of hydrogen-bond acceptors (Lipinski definition) is 4. The summed E-state index contributed by atoms with van der Waals surface area (Å²) in [5.74, 6) is -0.241. The molecule has 124 valence electrons. The molecule has 0 saturated carbocycles. The van der Waals surface area contributed by atoms with Gasteiger partial charge in [-0.1, -0.05) is 19.1 Å². The molecule has 0 fully saturated rings. The molecule has 0 aliphatic rings. The number of aromatic amines is 1. The number of amides is 1. The maximum Gasteiger partial charge on any atom is 0.273 e. The van der Waals surface area contributed by atoms with Crippen LogP contribution in [0, 0.1) is 0 Å². The van der Waals surface area contributed by atoms with E-state index in [4.69, 9.17) is 4.74 Å². The molecule has 1 unspecified atom stereocenters.